The molecule has 0 radical (unpaired) electrons. The van der Waals surface area contributed by atoms with Crippen molar-refractivity contribution < 1.29 is 22.0 Å². The second-order valence-electron chi connectivity index (χ2n) is 6.11. The Morgan fingerprint density at radius 3 is 2.54 bits per heavy atom. The van der Waals surface area contributed by atoms with Crippen molar-refractivity contribution in [3.8, 4) is 0 Å². The minimum Gasteiger partial charge on any atom is -0.326 e. The molecule has 0 spiro atoms. The number of hydrogen-bond donors (Lipinski definition) is 2. The molecule has 3 rings (SSSR count). The van der Waals surface area contributed by atoms with Gasteiger partial charge in [-0.25, -0.2) is 21.9 Å². The number of hydrogen-bond acceptors (Lipinski definition) is 3. The van der Waals surface area contributed by atoms with E-state index in [4.69, 9.17) is 0 Å². The van der Waals surface area contributed by atoms with Crippen LogP contribution < -0.4 is 10.0 Å². The van der Waals surface area contributed by atoms with E-state index in [1.807, 2.05) is 18.2 Å². The molecule has 0 heterocycles. The van der Waals surface area contributed by atoms with E-state index in [1.54, 1.807) is 0 Å². The molecule has 8 heteroatoms. The van der Waals surface area contributed by atoms with Crippen LogP contribution in [0.1, 0.15) is 24.0 Å². The van der Waals surface area contributed by atoms with Crippen molar-refractivity contribution in [2.45, 2.75) is 30.6 Å². The lowest BCUT2D eigenvalue weighted by Crippen LogP contribution is -2.28. The summed E-state index contributed by atoms with van der Waals surface area (Å²) in [4.78, 5) is 11.6. The van der Waals surface area contributed by atoms with Crippen molar-refractivity contribution in [2.75, 3.05) is 11.9 Å². The highest BCUT2D eigenvalue weighted by molar-refractivity contribution is 7.89. The van der Waals surface area contributed by atoms with E-state index >= 15 is 0 Å². The summed E-state index contributed by atoms with van der Waals surface area (Å²) in [5, 5.41) is 2.73. The van der Waals surface area contributed by atoms with Crippen LogP contribution in [0, 0.1) is 11.6 Å². The Hall–Kier alpha value is -2.32. The molecule has 1 aliphatic carbocycles. The molecule has 5 nitrogen and oxygen atoms in total. The highest BCUT2D eigenvalue weighted by Gasteiger charge is 2.17. The molecule has 2 aromatic rings. The van der Waals surface area contributed by atoms with Crippen molar-refractivity contribution >= 4 is 21.6 Å². The highest BCUT2D eigenvalue weighted by atomic mass is 32.2. The largest absolute Gasteiger partial charge is 0.326 e. The topological polar surface area (TPSA) is 75.3 Å². The number of benzene rings is 2. The van der Waals surface area contributed by atoms with Gasteiger partial charge in [0.25, 0.3) is 0 Å². The molecule has 2 aromatic carbocycles. The van der Waals surface area contributed by atoms with Crippen LogP contribution in [-0.2, 0) is 27.7 Å². The highest BCUT2D eigenvalue weighted by Crippen LogP contribution is 2.24. The van der Waals surface area contributed by atoms with Gasteiger partial charge in [-0.15, -0.1) is 0 Å². The Morgan fingerprint density at radius 2 is 1.77 bits per heavy atom. The zero-order chi connectivity index (χ0) is 18.7. The third-order valence-electron chi connectivity index (χ3n) is 4.23. The van der Waals surface area contributed by atoms with Crippen molar-refractivity contribution in [3.05, 3.63) is 59.2 Å². The lowest BCUT2D eigenvalue weighted by atomic mass is 10.1. The molecule has 0 saturated carbocycles. The number of carbonyl (C=O) groups excluding carboxylic acids is 1. The molecule has 0 saturated heterocycles. The van der Waals surface area contributed by atoms with E-state index < -0.39 is 26.6 Å². The van der Waals surface area contributed by atoms with Gasteiger partial charge in [-0.05, 0) is 60.7 Å². The van der Waals surface area contributed by atoms with Gasteiger partial charge in [0.15, 0.2) is 11.6 Å². The summed E-state index contributed by atoms with van der Waals surface area (Å²) in [6.45, 7) is -0.155. The molecule has 0 atom stereocenters. The molecule has 0 fully saturated rings. The fourth-order valence-electron chi connectivity index (χ4n) is 2.90. The Labute approximate surface area is 150 Å². The van der Waals surface area contributed by atoms with Gasteiger partial charge in [-0.2, -0.15) is 0 Å². The number of nitrogens with one attached hydrogen (secondary N) is 2. The van der Waals surface area contributed by atoms with Gasteiger partial charge in [0.1, 0.15) is 0 Å². The fraction of sp³-hybridized carbons (Fsp3) is 0.278. The van der Waals surface area contributed by atoms with Gasteiger partial charge in [0, 0.05) is 18.7 Å². The SMILES string of the molecule is O=C(CCNS(=O)(=O)c1ccc(F)c(F)c1)Nc1ccc2c(c1)CCC2. The van der Waals surface area contributed by atoms with Crippen LogP contribution in [0.15, 0.2) is 41.3 Å². The van der Waals surface area contributed by atoms with Crippen LogP contribution >= 0.6 is 0 Å². The van der Waals surface area contributed by atoms with Crippen LogP contribution in [0.2, 0.25) is 0 Å². The lowest BCUT2D eigenvalue weighted by Gasteiger charge is -2.09. The average Bonchev–Trinajstić information content (AvgIpc) is 3.04. The molecular weight excluding hydrogens is 362 g/mol. The number of rotatable bonds is 6. The molecule has 2 N–H and O–H groups in total. The molecule has 0 aromatic heterocycles. The van der Waals surface area contributed by atoms with E-state index in [9.17, 15) is 22.0 Å². The Kier molecular flexibility index (Phi) is 5.33. The Balaban J connectivity index is 1.53. The number of anilines is 1. The molecule has 1 amide bonds. The van der Waals surface area contributed by atoms with E-state index in [2.05, 4.69) is 10.0 Å². The first kappa shape index (κ1) is 18.5. The van der Waals surface area contributed by atoms with Crippen LogP contribution in [0.4, 0.5) is 14.5 Å². The first-order chi connectivity index (χ1) is 12.3. The number of amides is 1. The second kappa shape index (κ2) is 7.51. The predicted molar refractivity (Wildman–Crippen MR) is 93.3 cm³/mol. The standard InChI is InChI=1S/C18H18F2N2O3S/c19-16-7-6-15(11-17(16)20)26(24,25)21-9-8-18(23)22-14-5-4-12-2-1-3-13(12)10-14/h4-7,10-11,21H,1-3,8-9H2,(H,22,23). The van der Waals surface area contributed by atoms with Crippen molar-refractivity contribution in [2.24, 2.45) is 0 Å². The van der Waals surface area contributed by atoms with Crippen molar-refractivity contribution in [3.63, 3.8) is 0 Å². The van der Waals surface area contributed by atoms with Gasteiger partial charge < -0.3 is 5.32 Å². The first-order valence-electron chi connectivity index (χ1n) is 8.21. The summed E-state index contributed by atoms with van der Waals surface area (Å²) < 4.78 is 52.3. The third-order valence-corrected chi connectivity index (χ3v) is 5.69. The normalized spacial score (nSPS) is 13.5. The zero-order valence-electron chi connectivity index (χ0n) is 13.9. The maximum atomic E-state index is 13.2. The number of fused-ring (bicyclic) bond motifs is 1. The summed E-state index contributed by atoms with van der Waals surface area (Å²) >= 11 is 0. The van der Waals surface area contributed by atoms with Gasteiger partial charge in [0.2, 0.25) is 15.9 Å². The van der Waals surface area contributed by atoms with Crippen LogP contribution in [0.25, 0.3) is 0 Å². The third kappa shape index (κ3) is 4.25. The summed E-state index contributed by atoms with van der Waals surface area (Å²) in [6, 6.07) is 8.06. The summed E-state index contributed by atoms with van der Waals surface area (Å²) in [5.41, 5.74) is 3.20. The summed E-state index contributed by atoms with van der Waals surface area (Å²) in [7, 11) is -4.01. The summed E-state index contributed by atoms with van der Waals surface area (Å²) in [6.07, 6.45) is 3.07. The van der Waals surface area contributed by atoms with Gasteiger partial charge in [-0.1, -0.05) is 6.07 Å². The number of sulfonamides is 1. The minimum atomic E-state index is -4.01. The molecule has 0 bridgehead atoms. The molecule has 0 aliphatic heterocycles. The maximum Gasteiger partial charge on any atom is 0.240 e. The van der Waals surface area contributed by atoms with E-state index in [1.165, 1.54) is 11.1 Å². The maximum absolute atomic E-state index is 13.2. The van der Waals surface area contributed by atoms with Crippen molar-refractivity contribution in [1.82, 2.24) is 4.72 Å². The quantitative estimate of drug-likeness (QED) is 0.809. The van der Waals surface area contributed by atoms with E-state index in [0.29, 0.717) is 11.8 Å². The smallest absolute Gasteiger partial charge is 0.240 e. The van der Waals surface area contributed by atoms with Gasteiger partial charge >= 0.3 is 0 Å². The molecule has 138 valence electrons. The van der Waals surface area contributed by atoms with E-state index in [-0.39, 0.29) is 18.9 Å². The second-order valence-corrected chi connectivity index (χ2v) is 7.88. The number of aryl methyl sites for hydroxylation is 2. The monoisotopic (exact) mass is 380 g/mol. The van der Waals surface area contributed by atoms with Gasteiger partial charge in [0.05, 0.1) is 4.90 Å². The van der Waals surface area contributed by atoms with E-state index in [0.717, 1.165) is 31.4 Å². The lowest BCUT2D eigenvalue weighted by molar-refractivity contribution is -0.116. The predicted octanol–water partition coefficient (Wildman–Crippen LogP) is 2.76. The average molecular weight is 380 g/mol. The van der Waals surface area contributed by atoms with Crippen LogP contribution in [-0.4, -0.2) is 20.9 Å². The van der Waals surface area contributed by atoms with Crippen molar-refractivity contribution in [1.29, 1.82) is 0 Å². The zero-order valence-corrected chi connectivity index (χ0v) is 14.7. The van der Waals surface area contributed by atoms with Crippen LogP contribution in [0.3, 0.4) is 0 Å². The Morgan fingerprint density at radius 1 is 1.00 bits per heavy atom. The molecule has 1 aliphatic rings. The first-order valence-corrected chi connectivity index (χ1v) is 9.70. The van der Waals surface area contributed by atoms with Crippen LogP contribution in [0.5, 0.6) is 0 Å². The molecular formula is C18H18F2N2O3S. The number of carbonyl (C=O) groups is 1. The Bertz CT molecular complexity index is 945. The minimum absolute atomic E-state index is 0.0833. The fourth-order valence-corrected chi connectivity index (χ4v) is 3.94. The number of halogens is 2. The molecule has 26 heavy (non-hydrogen) atoms. The van der Waals surface area contributed by atoms with Gasteiger partial charge in [-0.3, -0.25) is 4.79 Å². The summed E-state index contributed by atoms with van der Waals surface area (Å²) in [5.74, 6) is -2.71. The molecule has 0 unspecified atom stereocenters.